The summed E-state index contributed by atoms with van der Waals surface area (Å²) in [5, 5.41) is 2.97. The smallest absolute Gasteiger partial charge is 0.288 e. The molecule has 2 rings (SSSR count). The second-order valence-electron chi connectivity index (χ2n) is 5.38. The van der Waals surface area contributed by atoms with Gasteiger partial charge in [-0.25, -0.2) is 0 Å². The van der Waals surface area contributed by atoms with E-state index in [4.69, 9.17) is 0 Å². The van der Waals surface area contributed by atoms with E-state index in [1.165, 1.54) is 0 Å². The summed E-state index contributed by atoms with van der Waals surface area (Å²) < 4.78 is 29.1. The zero-order valence-electron chi connectivity index (χ0n) is 11.3. The summed E-state index contributed by atoms with van der Waals surface area (Å²) in [7, 11) is 0. The van der Waals surface area contributed by atoms with E-state index in [1.807, 2.05) is 19.9 Å². The first-order valence-electron chi connectivity index (χ1n) is 6.62. The molecular formula is C15H21F2N. The summed E-state index contributed by atoms with van der Waals surface area (Å²) >= 11 is 0. The van der Waals surface area contributed by atoms with Crippen LogP contribution in [0.4, 0.5) is 8.78 Å². The topological polar surface area (TPSA) is 12.0 Å². The molecule has 1 nitrogen and oxygen atoms in total. The van der Waals surface area contributed by atoms with Crippen LogP contribution in [-0.2, 0) is 5.92 Å². The van der Waals surface area contributed by atoms with E-state index >= 15 is 0 Å². The number of hydrogen-bond acceptors (Lipinski definition) is 1. The van der Waals surface area contributed by atoms with E-state index < -0.39 is 12.0 Å². The Morgan fingerprint density at radius 1 is 1.06 bits per heavy atom. The van der Waals surface area contributed by atoms with Crippen molar-refractivity contribution >= 4 is 0 Å². The second-order valence-corrected chi connectivity index (χ2v) is 5.38. The maximum atomic E-state index is 14.6. The van der Waals surface area contributed by atoms with Gasteiger partial charge < -0.3 is 5.32 Å². The summed E-state index contributed by atoms with van der Waals surface area (Å²) in [6, 6.07) is 2.80. The fourth-order valence-corrected chi connectivity index (χ4v) is 2.67. The highest BCUT2D eigenvalue weighted by atomic mass is 19.3. The van der Waals surface area contributed by atoms with Gasteiger partial charge in [0.15, 0.2) is 0 Å². The molecule has 3 heteroatoms. The zero-order valence-corrected chi connectivity index (χ0v) is 11.3. The largest absolute Gasteiger partial charge is 0.308 e. The summed E-state index contributed by atoms with van der Waals surface area (Å²) in [6.45, 7) is 6.33. The van der Waals surface area contributed by atoms with Gasteiger partial charge in [0, 0.05) is 5.56 Å². The van der Waals surface area contributed by atoms with Crippen molar-refractivity contribution in [3.8, 4) is 0 Å². The Kier molecular flexibility index (Phi) is 3.71. The highest BCUT2D eigenvalue weighted by Gasteiger charge is 2.42. The van der Waals surface area contributed by atoms with E-state index in [-0.39, 0.29) is 5.56 Å². The lowest BCUT2D eigenvalue weighted by Crippen LogP contribution is -2.46. The van der Waals surface area contributed by atoms with Crippen LogP contribution in [0, 0.1) is 20.8 Å². The van der Waals surface area contributed by atoms with E-state index in [0.717, 1.165) is 24.0 Å². The van der Waals surface area contributed by atoms with Gasteiger partial charge in [-0.3, -0.25) is 0 Å². The minimum atomic E-state index is -2.77. The first kappa shape index (κ1) is 13.5. The highest BCUT2D eigenvalue weighted by Crippen LogP contribution is 2.37. The summed E-state index contributed by atoms with van der Waals surface area (Å²) in [4.78, 5) is 0. The highest BCUT2D eigenvalue weighted by molar-refractivity contribution is 5.39. The van der Waals surface area contributed by atoms with E-state index in [2.05, 4.69) is 5.32 Å². The van der Waals surface area contributed by atoms with E-state index in [9.17, 15) is 8.78 Å². The normalized spacial score (nSPS) is 21.1. The number of halogens is 2. The van der Waals surface area contributed by atoms with Crippen molar-refractivity contribution in [1.29, 1.82) is 0 Å². The average molecular weight is 253 g/mol. The summed E-state index contributed by atoms with van der Waals surface area (Å²) in [6.07, 6.45) is 2.44. The maximum Gasteiger partial charge on any atom is 0.288 e. The number of hydrogen-bond donors (Lipinski definition) is 1. The molecule has 0 amide bonds. The molecule has 18 heavy (non-hydrogen) atoms. The molecular weight excluding hydrogens is 232 g/mol. The van der Waals surface area contributed by atoms with Crippen molar-refractivity contribution in [3.05, 3.63) is 34.4 Å². The van der Waals surface area contributed by atoms with Crippen LogP contribution >= 0.6 is 0 Å². The lowest BCUT2D eigenvalue weighted by Gasteiger charge is -2.32. The molecule has 1 atom stereocenters. The average Bonchev–Trinajstić information content (AvgIpc) is 2.34. The van der Waals surface area contributed by atoms with Crippen LogP contribution in [0.3, 0.4) is 0 Å². The van der Waals surface area contributed by atoms with Crippen molar-refractivity contribution in [1.82, 2.24) is 5.32 Å². The molecule has 1 aromatic rings. The Bertz CT molecular complexity index is 434. The van der Waals surface area contributed by atoms with Gasteiger partial charge in [-0.15, -0.1) is 0 Å². The molecule has 0 spiro atoms. The SMILES string of the molecule is Cc1cc(C)c(C(F)(F)C2CCCCN2)cc1C. The zero-order chi connectivity index (χ0) is 13.3. The minimum Gasteiger partial charge on any atom is -0.308 e. The molecule has 1 aliphatic heterocycles. The van der Waals surface area contributed by atoms with Crippen LogP contribution in [0.25, 0.3) is 0 Å². The first-order chi connectivity index (χ1) is 8.43. The van der Waals surface area contributed by atoms with Crippen molar-refractivity contribution in [2.24, 2.45) is 0 Å². The van der Waals surface area contributed by atoms with Gasteiger partial charge in [-0.05, 0) is 62.9 Å². The Hall–Kier alpha value is -0.960. The lowest BCUT2D eigenvalue weighted by molar-refractivity contribution is -0.0517. The van der Waals surface area contributed by atoms with E-state index in [0.29, 0.717) is 18.5 Å². The van der Waals surface area contributed by atoms with Gasteiger partial charge in [-0.1, -0.05) is 12.5 Å². The molecule has 1 N–H and O–H groups in total. The number of rotatable bonds is 2. The molecule has 0 aromatic heterocycles. The van der Waals surface area contributed by atoms with Crippen LogP contribution in [0.15, 0.2) is 12.1 Å². The van der Waals surface area contributed by atoms with Gasteiger partial charge in [0.1, 0.15) is 0 Å². The standard InChI is InChI=1S/C15H21F2N/c1-10-8-12(3)13(9-11(10)2)15(16,17)14-6-4-5-7-18-14/h8-9,14,18H,4-7H2,1-3H3. The molecule has 0 radical (unpaired) electrons. The number of nitrogens with one attached hydrogen (secondary N) is 1. The van der Waals surface area contributed by atoms with E-state index in [1.54, 1.807) is 13.0 Å². The molecule has 0 bridgehead atoms. The minimum absolute atomic E-state index is 0.185. The van der Waals surface area contributed by atoms with Gasteiger partial charge >= 0.3 is 0 Å². The van der Waals surface area contributed by atoms with Crippen molar-refractivity contribution in [2.75, 3.05) is 6.54 Å². The Labute approximate surface area is 108 Å². The van der Waals surface area contributed by atoms with Crippen molar-refractivity contribution in [2.45, 2.75) is 52.0 Å². The molecule has 0 saturated carbocycles. The molecule has 1 aliphatic rings. The van der Waals surface area contributed by atoms with Crippen LogP contribution in [0.1, 0.15) is 41.5 Å². The van der Waals surface area contributed by atoms with Gasteiger partial charge in [0.25, 0.3) is 5.92 Å². The van der Waals surface area contributed by atoms with Gasteiger partial charge in [-0.2, -0.15) is 8.78 Å². The molecule has 100 valence electrons. The molecule has 1 heterocycles. The third-order valence-corrected chi connectivity index (χ3v) is 3.95. The third-order valence-electron chi connectivity index (χ3n) is 3.95. The molecule has 1 saturated heterocycles. The molecule has 1 fully saturated rings. The van der Waals surface area contributed by atoms with Crippen LogP contribution in [0.2, 0.25) is 0 Å². The van der Waals surface area contributed by atoms with Crippen molar-refractivity contribution < 1.29 is 8.78 Å². The maximum absolute atomic E-state index is 14.6. The predicted octanol–water partition coefficient (Wildman–Crippen LogP) is 3.85. The fourth-order valence-electron chi connectivity index (χ4n) is 2.67. The predicted molar refractivity (Wildman–Crippen MR) is 70.2 cm³/mol. The number of benzene rings is 1. The quantitative estimate of drug-likeness (QED) is 0.844. The molecule has 1 unspecified atom stereocenters. The van der Waals surface area contributed by atoms with Crippen molar-refractivity contribution in [3.63, 3.8) is 0 Å². The Morgan fingerprint density at radius 2 is 1.72 bits per heavy atom. The second kappa shape index (κ2) is 4.96. The van der Waals surface area contributed by atoms with Crippen LogP contribution < -0.4 is 5.32 Å². The summed E-state index contributed by atoms with van der Waals surface area (Å²) in [5.74, 6) is -2.77. The van der Waals surface area contributed by atoms with Gasteiger partial charge in [0.05, 0.1) is 6.04 Å². The molecule has 1 aromatic carbocycles. The first-order valence-corrected chi connectivity index (χ1v) is 6.62. The summed E-state index contributed by atoms with van der Waals surface area (Å²) in [5.41, 5.74) is 2.88. The Morgan fingerprint density at radius 3 is 2.33 bits per heavy atom. The Balaban J connectivity index is 2.36. The third kappa shape index (κ3) is 2.41. The molecule has 0 aliphatic carbocycles. The number of alkyl halides is 2. The fraction of sp³-hybridized carbons (Fsp3) is 0.600. The monoisotopic (exact) mass is 253 g/mol. The van der Waals surface area contributed by atoms with Crippen LogP contribution in [0.5, 0.6) is 0 Å². The van der Waals surface area contributed by atoms with Crippen LogP contribution in [-0.4, -0.2) is 12.6 Å². The number of piperidine rings is 1. The van der Waals surface area contributed by atoms with Gasteiger partial charge in [0.2, 0.25) is 0 Å². The lowest BCUT2D eigenvalue weighted by atomic mass is 9.89. The number of aryl methyl sites for hydroxylation is 3.